The second-order valence-corrected chi connectivity index (χ2v) is 7.29. The zero-order valence-corrected chi connectivity index (χ0v) is 18.5. The van der Waals surface area contributed by atoms with E-state index in [1.54, 1.807) is 25.1 Å². The Labute approximate surface area is 183 Å². The molecule has 30 heavy (non-hydrogen) atoms. The Bertz CT molecular complexity index is 975. The van der Waals surface area contributed by atoms with Crippen LogP contribution in [0.25, 0.3) is 0 Å². The van der Waals surface area contributed by atoms with E-state index >= 15 is 0 Å². The zero-order valence-electron chi connectivity index (χ0n) is 16.9. The van der Waals surface area contributed by atoms with Gasteiger partial charge in [0.25, 0.3) is 5.91 Å². The summed E-state index contributed by atoms with van der Waals surface area (Å²) in [5.41, 5.74) is 5.56. The third-order valence-electron chi connectivity index (χ3n) is 4.03. The molecule has 0 spiro atoms. The molecule has 0 saturated carbocycles. The third kappa shape index (κ3) is 7.00. The summed E-state index contributed by atoms with van der Waals surface area (Å²) in [6.07, 6.45) is 1.33. The maximum absolute atomic E-state index is 12.2. The van der Waals surface area contributed by atoms with Crippen molar-refractivity contribution in [1.29, 1.82) is 0 Å². The van der Waals surface area contributed by atoms with Crippen LogP contribution >= 0.6 is 15.9 Å². The molecule has 0 aliphatic heterocycles. The van der Waals surface area contributed by atoms with Crippen molar-refractivity contribution in [1.82, 2.24) is 10.7 Å². The summed E-state index contributed by atoms with van der Waals surface area (Å²) in [6.45, 7) is 5.80. The van der Waals surface area contributed by atoms with Crippen molar-refractivity contribution in [3.63, 3.8) is 0 Å². The van der Waals surface area contributed by atoms with Crippen molar-refractivity contribution in [2.24, 2.45) is 5.10 Å². The van der Waals surface area contributed by atoms with Crippen LogP contribution in [0.3, 0.4) is 0 Å². The number of rotatable bonds is 7. The third-order valence-corrected chi connectivity index (χ3v) is 4.53. The van der Waals surface area contributed by atoms with Crippen molar-refractivity contribution >= 4 is 45.6 Å². The van der Waals surface area contributed by atoms with Gasteiger partial charge in [0.1, 0.15) is 5.75 Å². The smallest absolute Gasteiger partial charge is 0.329 e. The second kappa shape index (κ2) is 11.1. The van der Waals surface area contributed by atoms with Crippen molar-refractivity contribution in [3.8, 4) is 5.75 Å². The van der Waals surface area contributed by atoms with Gasteiger partial charge in [-0.25, -0.2) is 5.43 Å². The predicted octanol–water partition coefficient (Wildman–Crippen LogP) is 2.67. The van der Waals surface area contributed by atoms with Crippen LogP contribution in [0.1, 0.15) is 23.6 Å². The predicted molar refractivity (Wildman–Crippen MR) is 119 cm³/mol. The first-order valence-corrected chi connectivity index (χ1v) is 10.00. The fourth-order valence-electron chi connectivity index (χ4n) is 2.36. The molecule has 0 aromatic heterocycles. The van der Waals surface area contributed by atoms with E-state index in [0.717, 1.165) is 15.6 Å². The summed E-state index contributed by atoms with van der Waals surface area (Å²) in [5, 5.41) is 8.93. The van der Waals surface area contributed by atoms with Gasteiger partial charge in [0.05, 0.1) is 6.21 Å². The molecule has 2 rings (SSSR count). The van der Waals surface area contributed by atoms with E-state index in [0.29, 0.717) is 23.5 Å². The molecule has 3 N–H and O–H groups in total. The van der Waals surface area contributed by atoms with Crippen LogP contribution in [0.15, 0.2) is 46.0 Å². The SMILES string of the molecule is CCNC(=O)C(=O)N/N=C\c1cc(Br)ccc1OCC(=O)Nc1ccc(C)c(C)c1. The first-order chi connectivity index (χ1) is 14.3. The van der Waals surface area contributed by atoms with Gasteiger partial charge in [0, 0.05) is 22.3 Å². The molecular formula is C21H23BrN4O4. The van der Waals surface area contributed by atoms with Gasteiger partial charge in [0.2, 0.25) is 0 Å². The van der Waals surface area contributed by atoms with Crippen molar-refractivity contribution in [2.45, 2.75) is 20.8 Å². The molecule has 0 atom stereocenters. The highest BCUT2D eigenvalue weighted by Gasteiger charge is 2.11. The number of ether oxygens (including phenoxy) is 1. The van der Waals surface area contributed by atoms with Crippen LogP contribution in [-0.4, -0.2) is 37.1 Å². The minimum atomic E-state index is -0.877. The highest BCUT2D eigenvalue weighted by atomic mass is 79.9. The number of hydrogen-bond acceptors (Lipinski definition) is 5. The number of benzene rings is 2. The van der Waals surface area contributed by atoms with Crippen LogP contribution < -0.4 is 20.8 Å². The lowest BCUT2D eigenvalue weighted by Gasteiger charge is -2.11. The van der Waals surface area contributed by atoms with Crippen LogP contribution in [0.4, 0.5) is 5.69 Å². The number of nitrogens with one attached hydrogen (secondary N) is 3. The highest BCUT2D eigenvalue weighted by molar-refractivity contribution is 9.10. The molecule has 0 aliphatic rings. The zero-order chi connectivity index (χ0) is 22.1. The molecule has 3 amide bonds. The van der Waals surface area contributed by atoms with Crippen LogP contribution in [0, 0.1) is 13.8 Å². The fraction of sp³-hybridized carbons (Fsp3) is 0.238. The first-order valence-electron chi connectivity index (χ1n) is 9.20. The summed E-state index contributed by atoms with van der Waals surface area (Å²) in [4.78, 5) is 35.2. The standard InChI is InChI=1S/C21H23BrN4O4/c1-4-23-20(28)21(29)26-24-11-15-10-16(22)6-8-18(15)30-12-19(27)25-17-7-5-13(2)14(3)9-17/h5-11H,4,12H2,1-3H3,(H,23,28)(H,25,27)(H,26,29)/b24-11-. The first kappa shape index (κ1) is 23.1. The number of hydrogen-bond donors (Lipinski definition) is 3. The molecule has 2 aromatic rings. The Kier molecular flexibility index (Phi) is 8.54. The number of aryl methyl sites for hydroxylation is 2. The maximum atomic E-state index is 12.2. The van der Waals surface area contributed by atoms with E-state index in [-0.39, 0.29) is 12.5 Å². The largest absolute Gasteiger partial charge is 0.483 e. The van der Waals surface area contributed by atoms with Gasteiger partial charge in [-0.1, -0.05) is 22.0 Å². The molecule has 0 unspecified atom stereocenters. The molecule has 0 radical (unpaired) electrons. The van der Waals surface area contributed by atoms with Gasteiger partial charge in [-0.15, -0.1) is 0 Å². The minimum Gasteiger partial charge on any atom is -0.483 e. The molecule has 0 fully saturated rings. The van der Waals surface area contributed by atoms with Crippen molar-refractivity contribution < 1.29 is 19.1 Å². The van der Waals surface area contributed by atoms with Gasteiger partial charge in [-0.05, 0) is 62.2 Å². The number of anilines is 1. The average Bonchev–Trinajstić information content (AvgIpc) is 2.70. The molecule has 158 valence electrons. The van der Waals surface area contributed by atoms with E-state index in [9.17, 15) is 14.4 Å². The number of carbonyl (C=O) groups excluding carboxylic acids is 3. The van der Waals surface area contributed by atoms with Crippen LogP contribution in [0.2, 0.25) is 0 Å². The summed E-state index contributed by atoms with van der Waals surface area (Å²) in [5.74, 6) is -1.57. The Morgan fingerprint density at radius 3 is 2.53 bits per heavy atom. The number of carbonyl (C=O) groups is 3. The Morgan fingerprint density at radius 1 is 1.07 bits per heavy atom. The number of halogens is 1. The topological polar surface area (TPSA) is 109 Å². The van der Waals surface area contributed by atoms with E-state index < -0.39 is 11.8 Å². The van der Waals surface area contributed by atoms with Crippen molar-refractivity contribution in [3.05, 3.63) is 57.6 Å². The Hall–Kier alpha value is -3.20. The van der Waals surface area contributed by atoms with Gasteiger partial charge >= 0.3 is 11.8 Å². The van der Waals surface area contributed by atoms with E-state index in [4.69, 9.17) is 4.74 Å². The summed E-state index contributed by atoms with van der Waals surface area (Å²) < 4.78 is 6.36. The molecular weight excluding hydrogens is 452 g/mol. The summed E-state index contributed by atoms with van der Waals surface area (Å²) >= 11 is 3.35. The van der Waals surface area contributed by atoms with E-state index in [1.807, 2.05) is 32.0 Å². The molecule has 0 saturated heterocycles. The normalized spacial score (nSPS) is 10.5. The van der Waals surface area contributed by atoms with Gasteiger partial charge in [-0.3, -0.25) is 14.4 Å². The lowest BCUT2D eigenvalue weighted by molar-refractivity contribution is -0.139. The fourth-order valence-corrected chi connectivity index (χ4v) is 2.74. The lowest BCUT2D eigenvalue weighted by Crippen LogP contribution is -2.37. The van der Waals surface area contributed by atoms with Crippen LogP contribution in [0.5, 0.6) is 5.75 Å². The molecule has 0 bridgehead atoms. The number of amides is 3. The van der Waals surface area contributed by atoms with E-state index in [2.05, 4.69) is 37.1 Å². The molecule has 8 nitrogen and oxygen atoms in total. The average molecular weight is 475 g/mol. The highest BCUT2D eigenvalue weighted by Crippen LogP contribution is 2.22. The van der Waals surface area contributed by atoms with Crippen LogP contribution in [-0.2, 0) is 14.4 Å². The molecule has 0 heterocycles. The van der Waals surface area contributed by atoms with Gasteiger partial charge in [-0.2, -0.15) is 5.10 Å². The number of hydrazone groups is 1. The monoisotopic (exact) mass is 474 g/mol. The Morgan fingerprint density at radius 2 is 1.83 bits per heavy atom. The summed E-state index contributed by atoms with van der Waals surface area (Å²) in [7, 11) is 0. The van der Waals surface area contributed by atoms with E-state index in [1.165, 1.54) is 6.21 Å². The maximum Gasteiger partial charge on any atom is 0.329 e. The van der Waals surface area contributed by atoms with Crippen molar-refractivity contribution in [2.75, 3.05) is 18.5 Å². The Balaban J connectivity index is 1.99. The summed E-state index contributed by atoms with van der Waals surface area (Å²) in [6, 6.07) is 10.8. The molecule has 2 aromatic carbocycles. The molecule has 9 heteroatoms. The molecule has 0 aliphatic carbocycles. The lowest BCUT2D eigenvalue weighted by atomic mass is 10.1. The quantitative estimate of drug-likeness (QED) is 0.325. The number of nitrogens with zero attached hydrogens (tertiary/aromatic N) is 1. The number of likely N-dealkylation sites (N-methyl/N-ethyl adjacent to an activating group) is 1. The van der Waals surface area contributed by atoms with Gasteiger partial charge in [0.15, 0.2) is 6.61 Å². The minimum absolute atomic E-state index is 0.208. The van der Waals surface area contributed by atoms with Gasteiger partial charge < -0.3 is 15.4 Å². The second-order valence-electron chi connectivity index (χ2n) is 6.38.